The van der Waals surface area contributed by atoms with Gasteiger partial charge in [-0.25, -0.2) is 13.8 Å². The minimum atomic E-state index is -0.600. The van der Waals surface area contributed by atoms with Gasteiger partial charge in [-0.3, -0.25) is 9.78 Å². The Morgan fingerprint density at radius 3 is 2.36 bits per heavy atom. The number of nitrogens with zero attached hydrogens (tertiary/aromatic N) is 5. The molecule has 2 fully saturated rings. The Balaban J connectivity index is 0.00000100. The summed E-state index contributed by atoms with van der Waals surface area (Å²) in [6, 6.07) is 7.01. The zero-order valence-corrected chi connectivity index (χ0v) is 24.2. The number of morpholine rings is 1. The van der Waals surface area contributed by atoms with Gasteiger partial charge in [0.15, 0.2) is 0 Å². The number of carbonyl (C=O) groups excluding carboxylic acids is 1. The summed E-state index contributed by atoms with van der Waals surface area (Å²) >= 11 is 0. The summed E-state index contributed by atoms with van der Waals surface area (Å²) in [6.07, 6.45) is 3.41. The largest absolute Gasteiger partial charge is 0.375 e. The van der Waals surface area contributed by atoms with Gasteiger partial charge in [0.1, 0.15) is 23.0 Å². The smallest absolute Gasteiger partial charge is 0.253 e. The highest BCUT2D eigenvalue weighted by atomic mass is 19.1. The molecule has 9 heteroatoms. The number of hydrogen-bond donors (Lipinski definition) is 0. The van der Waals surface area contributed by atoms with Crippen molar-refractivity contribution >= 4 is 28.4 Å². The molecule has 212 valence electrons. The topological polar surface area (TPSA) is 61.8 Å². The van der Waals surface area contributed by atoms with E-state index in [1.807, 2.05) is 40.7 Å². The first kappa shape index (κ1) is 30.2. The number of halogens is 2. The second-order valence-corrected chi connectivity index (χ2v) is 9.47. The Morgan fingerprint density at radius 2 is 1.72 bits per heavy atom. The van der Waals surface area contributed by atoms with Gasteiger partial charge < -0.3 is 19.4 Å². The lowest BCUT2D eigenvalue weighted by atomic mass is 10.0. The molecule has 0 N–H and O–H groups in total. The number of ether oxygens (including phenoxy) is 1. The number of aromatic nitrogens is 2. The van der Waals surface area contributed by atoms with Crippen LogP contribution in [0, 0.1) is 11.6 Å². The fourth-order valence-corrected chi connectivity index (χ4v) is 5.04. The first-order valence-electron chi connectivity index (χ1n) is 13.9. The fraction of sp³-hybridized carbons (Fsp3) is 0.500. The zero-order chi connectivity index (χ0) is 28.7. The van der Waals surface area contributed by atoms with Gasteiger partial charge in [-0.05, 0) is 49.6 Å². The number of hydrogen-bond acceptors (Lipinski definition) is 6. The molecule has 0 bridgehead atoms. The van der Waals surface area contributed by atoms with Gasteiger partial charge in [-0.15, -0.1) is 0 Å². The van der Waals surface area contributed by atoms with Crippen molar-refractivity contribution in [1.29, 1.82) is 0 Å². The van der Waals surface area contributed by atoms with Crippen molar-refractivity contribution in [2.75, 3.05) is 50.1 Å². The minimum absolute atomic E-state index is 0.0895. The Hall–Kier alpha value is -3.33. The highest BCUT2D eigenvalue weighted by Crippen LogP contribution is 2.40. The number of benzene rings is 2. The van der Waals surface area contributed by atoms with Crippen LogP contribution in [-0.2, 0) is 4.74 Å². The van der Waals surface area contributed by atoms with E-state index in [1.54, 1.807) is 26.4 Å². The molecule has 3 aromatic rings. The third-order valence-corrected chi connectivity index (χ3v) is 6.67. The maximum absolute atomic E-state index is 14.1. The SMILES string of the molecule is CC.CC.CC1CN(c2cnc3cc(C(=O)N(C)C)cc(N4CCCC4c4cc(F)cc(F)c4)c3n2)CCO1. The highest BCUT2D eigenvalue weighted by molar-refractivity contribution is 6.01. The van der Waals surface area contributed by atoms with Crippen LogP contribution in [0.5, 0.6) is 0 Å². The number of rotatable bonds is 4. The zero-order valence-electron chi connectivity index (χ0n) is 24.2. The molecule has 2 aromatic carbocycles. The Bertz CT molecular complexity index is 1250. The number of anilines is 2. The maximum atomic E-state index is 14.1. The number of carbonyl (C=O) groups is 1. The molecule has 7 nitrogen and oxygen atoms in total. The normalized spacial score (nSPS) is 18.7. The van der Waals surface area contributed by atoms with Crippen molar-refractivity contribution in [1.82, 2.24) is 14.9 Å². The molecule has 0 spiro atoms. The van der Waals surface area contributed by atoms with Gasteiger partial charge in [0.25, 0.3) is 5.91 Å². The van der Waals surface area contributed by atoms with Crippen LogP contribution in [0.25, 0.3) is 11.0 Å². The molecule has 2 aliphatic rings. The van der Waals surface area contributed by atoms with E-state index < -0.39 is 11.6 Å². The first-order valence-corrected chi connectivity index (χ1v) is 13.9. The molecule has 5 rings (SSSR count). The van der Waals surface area contributed by atoms with Gasteiger partial charge in [-0.1, -0.05) is 27.7 Å². The van der Waals surface area contributed by atoms with Crippen LogP contribution in [0.15, 0.2) is 36.5 Å². The molecular formula is C30H41F2N5O2. The Labute approximate surface area is 230 Å². The maximum Gasteiger partial charge on any atom is 0.253 e. The van der Waals surface area contributed by atoms with Crippen LogP contribution >= 0.6 is 0 Å². The lowest BCUT2D eigenvalue weighted by Gasteiger charge is -2.32. The number of fused-ring (bicyclic) bond motifs is 1. The quantitative estimate of drug-likeness (QED) is 0.390. The van der Waals surface area contributed by atoms with E-state index in [4.69, 9.17) is 9.72 Å². The Kier molecular flexibility index (Phi) is 10.6. The molecular weight excluding hydrogens is 500 g/mol. The van der Waals surface area contributed by atoms with E-state index in [-0.39, 0.29) is 18.1 Å². The van der Waals surface area contributed by atoms with Crippen molar-refractivity contribution in [3.05, 3.63) is 59.3 Å². The molecule has 1 aromatic heterocycles. The van der Waals surface area contributed by atoms with Crippen LogP contribution in [0.3, 0.4) is 0 Å². The molecule has 2 aliphatic heterocycles. The van der Waals surface area contributed by atoms with Crippen molar-refractivity contribution in [3.63, 3.8) is 0 Å². The molecule has 0 aliphatic carbocycles. The average molecular weight is 542 g/mol. The minimum Gasteiger partial charge on any atom is -0.375 e. The summed E-state index contributed by atoms with van der Waals surface area (Å²) in [5.74, 6) is -0.602. The standard InChI is InChI=1S/C26H29F2N5O2.2C2H6/c1-16-15-32(7-8-35-16)24-14-29-21-11-18(26(34)31(2)3)12-23(25(21)30-24)33-6-4-5-22(33)17-9-19(27)13-20(28)10-17;2*1-2/h9-14,16,22H,4-8,15H2,1-3H3;2*1-2H3. The lowest BCUT2D eigenvalue weighted by molar-refractivity contribution is 0.0529. The van der Waals surface area contributed by atoms with Crippen molar-refractivity contribution < 1.29 is 18.3 Å². The van der Waals surface area contributed by atoms with Gasteiger partial charge in [0.2, 0.25) is 0 Å². The van der Waals surface area contributed by atoms with E-state index in [0.717, 1.165) is 30.4 Å². The van der Waals surface area contributed by atoms with Crippen molar-refractivity contribution in [2.45, 2.75) is 59.6 Å². The van der Waals surface area contributed by atoms with Crippen LogP contribution in [0.4, 0.5) is 20.3 Å². The molecule has 1 amide bonds. The Morgan fingerprint density at radius 1 is 1.03 bits per heavy atom. The molecule has 2 saturated heterocycles. The van der Waals surface area contributed by atoms with Crippen LogP contribution in [0.2, 0.25) is 0 Å². The van der Waals surface area contributed by atoms with E-state index in [2.05, 4.69) is 14.8 Å². The average Bonchev–Trinajstić information content (AvgIpc) is 3.43. The summed E-state index contributed by atoms with van der Waals surface area (Å²) in [4.78, 5) is 28.3. The monoisotopic (exact) mass is 541 g/mol. The third-order valence-electron chi connectivity index (χ3n) is 6.67. The van der Waals surface area contributed by atoms with Gasteiger partial charge in [-0.2, -0.15) is 0 Å². The van der Waals surface area contributed by atoms with Crippen LogP contribution in [-0.4, -0.2) is 67.2 Å². The third kappa shape index (κ3) is 6.82. The van der Waals surface area contributed by atoms with Crippen molar-refractivity contribution in [2.24, 2.45) is 0 Å². The van der Waals surface area contributed by atoms with E-state index in [1.165, 1.54) is 17.0 Å². The lowest BCUT2D eigenvalue weighted by Crippen LogP contribution is -2.41. The molecule has 2 unspecified atom stereocenters. The van der Waals surface area contributed by atoms with Gasteiger partial charge >= 0.3 is 0 Å². The second kappa shape index (κ2) is 13.6. The predicted octanol–water partition coefficient (Wildman–Crippen LogP) is 6.23. The summed E-state index contributed by atoms with van der Waals surface area (Å²) in [5, 5.41) is 0. The van der Waals surface area contributed by atoms with Gasteiger partial charge in [0.05, 0.1) is 36.2 Å². The van der Waals surface area contributed by atoms with E-state index in [0.29, 0.717) is 48.4 Å². The predicted molar refractivity (Wildman–Crippen MR) is 154 cm³/mol. The second-order valence-electron chi connectivity index (χ2n) is 9.47. The van der Waals surface area contributed by atoms with Crippen molar-refractivity contribution in [3.8, 4) is 0 Å². The summed E-state index contributed by atoms with van der Waals surface area (Å²) in [6.45, 7) is 12.7. The molecule has 0 saturated carbocycles. The fourth-order valence-electron chi connectivity index (χ4n) is 5.04. The highest BCUT2D eigenvalue weighted by Gasteiger charge is 2.30. The van der Waals surface area contributed by atoms with E-state index in [9.17, 15) is 13.6 Å². The first-order chi connectivity index (χ1) is 18.8. The summed E-state index contributed by atoms with van der Waals surface area (Å²) < 4.78 is 33.8. The number of amides is 1. The van der Waals surface area contributed by atoms with Crippen LogP contribution < -0.4 is 9.80 Å². The molecule has 0 radical (unpaired) electrons. The van der Waals surface area contributed by atoms with E-state index >= 15 is 0 Å². The summed E-state index contributed by atoms with van der Waals surface area (Å²) in [7, 11) is 3.41. The molecule has 39 heavy (non-hydrogen) atoms. The molecule has 3 heterocycles. The van der Waals surface area contributed by atoms with Gasteiger partial charge in [0, 0.05) is 45.4 Å². The molecule has 2 atom stereocenters. The summed E-state index contributed by atoms with van der Waals surface area (Å²) in [5.41, 5.74) is 3.09. The van der Waals surface area contributed by atoms with Crippen LogP contribution in [0.1, 0.15) is 69.4 Å².